The van der Waals surface area contributed by atoms with Crippen LogP contribution in [0.15, 0.2) is 24.3 Å². The molecule has 1 heterocycles. The van der Waals surface area contributed by atoms with Crippen LogP contribution in [0.2, 0.25) is 5.02 Å². The average molecular weight is 509 g/mol. The van der Waals surface area contributed by atoms with Crippen molar-refractivity contribution in [1.29, 1.82) is 0 Å². The minimum atomic E-state index is -5.60. The van der Waals surface area contributed by atoms with Crippen molar-refractivity contribution in [2.75, 3.05) is 6.61 Å². The van der Waals surface area contributed by atoms with Crippen LogP contribution in [0, 0.1) is 0 Å². The highest BCUT2D eigenvalue weighted by Crippen LogP contribution is 2.66. The third-order valence-corrected chi connectivity index (χ3v) is 7.78. The lowest BCUT2D eigenvalue weighted by Gasteiger charge is -2.24. The van der Waals surface area contributed by atoms with Gasteiger partial charge in [0.05, 0.1) is 12.7 Å². The van der Waals surface area contributed by atoms with Gasteiger partial charge in [0, 0.05) is 11.0 Å². The van der Waals surface area contributed by atoms with Gasteiger partial charge >= 0.3 is 23.5 Å². The van der Waals surface area contributed by atoms with Gasteiger partial charge in [0.15, 0.2) is 0 Å². The summed E-state index contributed by atoms with van der Waals surface area (Å²) >= 11 is 5.82. The molecule has 0 bridgehead atoms. The van der Waals surface area contributed by atoms with Crippen LogP contribution in [0.5, 0.6) is 0 Å². The van der Waals surface area contributed by atoms with Gasteiger partial charge in [-0.2, -0.15) is 8.62 Å². The first-order valence-corrected chi connectivity index (χ1v) is 13.2. The van der Waals surface area contributed by atoms with Crippen molar-refractivity contribution in [2.24, 2.45) is 5.73 Å². The number of rotatable bonds is 10. The van der Waals surface area contributed by atoms with Crippen LogP contribution in [0.4, 0.5) is 0 Å². The van der Waals surface area contributed by atoms with Crippen molar-refractivity contribution in [3.05, 3.63) is 34.9 Å². The van der Waals surface area contributed by atoms with E-state index in [4.69, 9.17) is 41.5 Å². The number of halogens is 1. The van der Waals surface area contributed by atoms with Gasteiger partial charge in [0.2, 0.25) is 0 Å². The van der Waals surface area contributed by atoms with Crippen LogP contribution >= 0.6 is 35.1 Å². The SMILES string of the molecule is BC1CC(OC(N)c2ccc(Cl)cc2)C(COP(=O)(O)OP(=O)(O)OP(=O)(O)O)O1. The minimum absolute atomic E-state index is 0.318. The molecule has 1 fully saturated rings. The van der Waals surface area contributed by atoms with E-state index in [1.807, 2.05) is 0 Å². The molecule has 170 valence electrons. The molecule has 0 spiro atoms. The van der Waals surface area contributed by atoms with E-state index in [0.29, 0.717) is 17.0 Å². The lowest BCUT2D eigenvalue weighted by atomic mass is 9.96. The summed E-state index contributed by atoms with van der Waals surface area (Å²) in [5.74, 6) is 0. The first-order valence-electron chi connectivity index (χ1n) is 8.26. The van der Waals surface area contributed by atoms with Gasteiger partial charge in [-0.15, -0.1) is 0 Å². The number of phosphoric ester groups is 1. The second-order valence-corrected chi connectivity index (χ2v) is 11.1. The quantitative estimate of drug-likeness (QED) is 0.168. The third kappa shape index (κ3) is 8.78. The molecule has 6 atom stereocenters. The van der Waals surface area contributed by atoms with E-state index in [1.165, 1.54) is 0 Å². The summed E-state index contributed by atoms with van der Waals surface area (Å²) in [6.07, 6.45) is -2.07. The number of phosphoric acid groups is 3. The van der Waals surface area contributed by atoms with Gasteiger partial charge in [-0.05, 0) is 24.1 Å². The zero-order valence-electron chi connectivity index (χ0n) is 15.4. The predicted octanol–water partition coefficient (Wildman–Crippen LogP) is 0.774. The molecular weight excluding hydrogens is 489 g/mol. The molecule has 0 saturated carbocycles. The molecule has 0 radical (unpaired) electrons. The monoisotopic (exact) mass is 509 g/mol. The fourth-order valence-electron chi connectivity index (χ4n) is 2.60. The number of nitrogens with two attached hydrogens (primary N) is 1. The number of hydrogen-bond acceptors (Lipinski definition) is 9. The zero-order valence-corrected chi connectivity index (χ0v) is 18.8. The van der Waals surface area contributed by atoms with Gasteiger partial charge in [-0.3, -0.25) is 4.52 Å². The van der Waals surface area contributed by atoms with Crippen LogP contribution in [0.1, 0.15) is 18.2 Å². The normalized spacial score (nSPS) is 27.3. The zero-order chi connectivity index (χ0) is 22.7. The highest BCUT2D eigenvalue weighted by Gasteiger charge is 2.42. The van der Waals surface area contributed by atoms with Crippen molar-refractivity contribution in [3.63, 3.8) is 0 Å². The second-order valence-electron chi connectivity index (χ2n) is 6.25. The van der Waals surface area contributed by atoms with E-state index in [9.17, 15) is 18.6 Å². The molecule has 6 N–H and O–H groups in total. The first kappa shape index (κ1) is 26.1. The summed E-state index contributed by atoms with van der Waals surface area (Å²) in [6, 6.07) is 6.25. The summed E-state index contributed by atoms with van der Waals surface area (Å²) in [5, 5.41) is 0.512. The Labute approximate surface area is 177 Å². The van der Waals surface area contributed by atoms with E-state index in [1.54, 1.807) is 32.1 Å². The molecule has 2 rings (SSSR count). The summed E-state index contributed by atoms with van der Waals surface area (Å²) in [7, 11) is -14.6. The van der Waals surface area contributed by atoms with E-state index in [0.717, 1.165) is 0 Å². The molecule has 0 aromatic heterocycles. The maximum absolute atomic E-state index is 11.8. The van der Waals surface area contributed by atoms with Gasteiger partial charge in [0.25, 0.3) is 0 Å². The van der Waals surface area contributed by atoms with Gasteiger partial charge in [-0.1, -0.05) is 23.7 Å². The molecule has 1 aliphatic rings. The van der Waals surface area contributed by atoms with Crippen LogP contribution < -0.4 is 5.73 Å². The Hall–Kier alpha value is -0.135. The minimum Gasteiger partial charge on any atom is -0.379 e. The molecule has 13 nitrogen and oxygen atoms in total. The standard InChI is InChI=1S/C12H20BClNO12P3/c13-11-5-9(25-12(15)7-1-3-8(14)4-2-7)10(24-11)6-23-29(19,20)27-30(21,22)26-28(16,17)18/h1-4,9-12H,5-6,13,15H2,(H,19,20)(H,21,22)(H2,16,17,18). The predicted molar refractivity (Wildman–Crippen MR) is 105 cm³/mol. The Bertz CT molecular complexity index is 869. The van der Waals surface area contributed by atoms with Crippen molar-refractivity contribution in [1.82, 2.24) is 0 Å². The fraction of sp³-hybridized carbons (Fsp3) is 0.500. The van der Waals surface area contributed by atoms with Crippen LogP contribution in [0.25, 0.3) is 0 Å². The summed E-state index contributed by atoms with van der Waals surface area (Å²) in [6.45, 7) is -0.619. The van der Waals surface area contributed by atoms with Crippen LogP contribution in [0.3, 0.4) is 0 Å². The summed E-state index contributed by atoms with van der Waals surface area (Å²) in [5.41, 5.74) is 6.62. The highest BCUT2D eigenvalue weighted by molar-refractivity contribution is 7.66. The molecule has 0 amide bonds. The van der Waals surface area contributed by atoms with Gasteiger partial charge in [-0.25, -0.2) is 13.7 Å². The average Bonchev–Trinajstić information content (AvgIpc) is 2.89. The molecule has 1 aromatic carbocycles. The lowest BCUT2D eigenvalue weighted by molar-refractivity contribution is -0.0672. The highest BCUT2D eigenvalue weighted by atomic mass is 35.5. The molecule has 1 saturated heterocycles. The molecule has 30 heavy (non-hydrogen) atoms. The Morgan fingerprint density at radius 2 is 1.73 bits per heavy atom. The largest absolute Gasteiger partial charge is 0.490 e. The van der Waals surface area contributed by atoms with Crippen molar-refractivity contribution < 1.29 is 55.9 Å². The first-order chi connectivity index (χ1) is 13.7. The van der Waals surface area contributed by atoms with Crippen molar-refractivity contribution in [3.8, 4) is 0 Å². The maximum Gasteiger partial charge on any atom is 0.490 e. The lowest BCUT2D eigenvalue weighted by Crippen LogP contribution is -2.32. The van der Waals surface area contributed by atoms with E-state index in [-0.39, 0.29) is 6.00 Å². The van der Waals surface area contributed by atoms with Crippen molar-refractivity contribution in [2.45, 2.75) is 30.9 Å². The maximum atomic E-state index is 11.8. The topological polar surface area (TPSA) is 204 Å². The van der Waals surface area contributed by atoms with E-state index >= 15 is 0 Å². The van der Waals surface area contributed by atoms with Crippen molar-refractivity contribution >= 4 is 42.9 Å². The smallest absolute Gasteiger partial charge is 0.379 e. The second kappa shape index (κ2) is 10.2. The van der Waals surface area contributed by atoms with E-state index < -0.39 is 48.5 Å². The van der Waals surface area contributed by atoms with Crippen LogP contribution in [-0.4, -0.2) is 52.2 Å². The Morgan fingerprint density at radius 1 is 1.13 bits per heavy atom. The van der Waals surface area contributed by atoms with E-state index in [2.05, 4.69) is 13.1 Å². The van der Waals surface area contributed by atoms with Gasteiger partial charge in [0.1, 0.15) is 20.2 Å². The molecule has 1 aromatic rings. The molecular formula is C12H20BClNO12P3. The summed E-state index contributed by atoms with van der Waals surface area (Å²) in [4.78, 5) is 35.8. The molecule has 1 aliphatic heterocycles. The number of hydrogen-bond donors (Lipinski definition) is 5. The fourth-order valence-corrected chi connectivity index (χ4v) is 5.76. The summed E-state index contributed by atoms with van der Waals surface area (Å²) < 4.78 is 57.0. The Morgan fingerprint density at radius 3 is 2.30 bits per heavy atom. The molecule has 6 unspecified atom stereocenters. The Balaban J connectivity index is 1.96. The Kier molecular flexibility index (Phi) is 8.88. The van der Waals surface area contributed by atoms with Gasteiger partial charge < -0.3 is 34.8 Å². The number of ether oxygens (including phenoxy) is 2. The molecule has 0 aliphatic carbocycles. The van der Waals surface area contributed by atoms with Crippen LogP contribution in [-0.2, 0) is 36.3 Å². The molecule has 18 heteroatoms. The number of benzene rings is 1. The third-order valence-electron chi connectivity index (χ3n) is 3.72.